The van der Waals surface area contributed by atoms with Gasteiger partial charge in [0.25, 0.3) is 0 Å². The van der Waals surface area contributed by atoms with E-state index in [4.69, 9.17) is 14.6 Å². The van der Waals surface area contributed by atoms with Crippen LogP contribution in [0.4, 0.5) is 4.39 Å². The molecule has 190 valence electrons. The van der Waals surface area contributed by atoms with Crippen LogP contribution in [0.3, 0.4) is 0 Å². The molecule has 35 heavy (non-hydrogen) atoms. The zero-order valence-corrected chi connectivity index (χ0v) is 21.3. The van der Waals surface area contributed by atoms with Crippen LogP contribution in [0.2, 0.25) is 0 Å². The standard InChI is InChI=1S/C28H38FN3O3/c1-5-7-17-34-20-25(33)18-31(21(3)6-2)19-27-22(4)30-32(24-11-9-8-10-12-24)28(27)35-26-15-13-23(29)14-16-26/h8-16,21,25,33H,5-7,17-20H2,1-4H3. The molecule has 2 aromatic carbocycles. The van der Waals surface area contributed by atoms with Crippen LogP contribution >= 0.6 is 0 Å². The highest BCUT2D eigenvalue weighted by atomic mass is 19.1. The zero-order valence-electron chi connectivity index (χ0n) is 21.3. The third kappa shape index (κ3) is 7.62. The number of unbranched alkanes of at least 4 members (excludes halogenated alkanes) is 1. The predicted octanol–water partition coefficient (Wildman–Crippen LogP) is 5.89. The number of nitrogens with zero attached hydrogens (tertiary/aromatic N) is 3. The number of rotatable bonds is 14. The second kappa shape index (κ2) is 13.4. The van der Waals surface area contributed by atoms with Gasteiger partial charge in [-0.1, -0.05) is 38.5 Å². The molecule has 3 rings (SSSR count). The molecule has 2 atom stereocenters. The fourth-order valence-electron chi connectivity index (χ4n) is 3.83. The van der Waals surface area contributed by atoms with Crippen LogP contribution in [0.15, 0.2) is 54.6 Å². The van der Waals surface area contributed by atoms with Crippen LogP contribution in [-0.2, 0) is 11.3 Å². The maximum atomic E-state index is 13.5. The van der Waals surface area contributed by atoms with E-state index < -0.39 is 6.10 Å². The van der Waals surface area contributed by atoms with Crippen molar-refractivity contribution in [3.8, 4) is 17.3 Å². The van der Waals surface area contributed by atoms with Gasteiger partial charge in [-0.3, -0.25) is 4.90 Å². The van der Waals surface area contributed by atoms with E-state index in [1.165, 1.54) is 12.1 Å². The number of ether oxygens (including phenoxy) is 2. The van der Waals surface area contributed by atoms with Gasteiger partial charge in [0.2, 0.25) is 5.88 Å². The summed E-state index contributed by atoms with van der Waals surface area (Å²) in [5.74, 6) is 0.801. The molecule has 1 N–H and O–H groups in total. The van der Waals surface area contributed by atoms with E-state index in [1.807, 2.05) is 37.3 Å². The first-order valence-electron chi connectivity index (χ1n) is 12.5. The topological polar surface area (TPSA) is 59.8 Å². The Morgan fingerprint density at radius 2 is 1.80 bits per heavy atom. The Morgan fingerprint density at radius 1 is 1.09 bits per heavy atom. The molecule has 0 spiro atoms. The number of aliphatic hydroxyl groups excluding tert-OH is 1. The number of para-hydroxylation sites is 1. The fraction of sp³-hybridized carbons (Fsp3) is 0.464. The SMILES string of the molecule is CCCCOCC(O)CN(Cc1c(C)nn(-c2ccccc2)c1Oc1ccc(F)cc1)C(C)CC. The number of aromatic nitrogens is 2. The van der Waals surface area contributed by atoms with Crippen molar-refractivity contribution in [3.05, 3.63) is 71.7 Å². The molecule has 0 aliphatic rings. The van der Waals surface area contributed by atoms with Gasteiger partial charge in [0.05, 0.1) is 29.7 Å². The van der Waals surface area contributed by atoms with E-state index in [0.29, 0.717) is 37.9 Å². The van der Waals surface area contributed by atoms with E-state index in [-0.39, 0.29) is 11.9 Å². The largest absolute Gasteiger partial charge is 0.439 e. The van der Waals surface area contributed by atoms with Crippen LogP contribution in [0.5, 0.6) is 11.6 Å². The van der Waals surface area contributed by atoms with Crippen molar-refractivity contribution in [2.45, 2.75) is 65.6 Å². The first-order chi connectivity index (χ1) is 16.9. The maximum Gasteiger partial charge on any atom is 0.227 e. The van der Waals surface area contributed by atoms with E-state index in [0.717, 1.165) is 36.2 Å². The van der Waals surface area contributed by atoms with Crippen molar-refractivity contribution in [1.82, 2.24) is 14.7 Å². The lowest BCUT2D eigenvalue weighted by molar-refractivity contribution is 0.00658. The summed E-state index contributed by atoms with van der Waals surface area (Å²) in [6.45, 7) is 10.4. The monoisotopic (exact) mass is 483 g/mol. The van der Waals surface area contributed by atoms with Gasteiger partial charge in [-0.2, -0.15) is 5.10 Å². The minimum atomic E-state index is -0.591. The van der Waals surface area contributed by atoms with Crippen molar-refractivity contribution < 1.29 is 19.0 Å². The third-order valence-corrected chi connectivity index (χ3v) is 6.14. The fourth-order valence-corrected chi connectivity index (χ4v) is 3.83. The summed E-state index contributed by atoms with van der Waals surface area (Å²) in [4.78, 5) is 2.24. The Morgan fingerprint density at radius 3 is 2.46 bits per heavy atom. The average Bonchev–Trinajstić information content (AvgIpc) is 3.17. The average molecular weight is 484 g/mol. The molecule has 0 saturated heterocycles. The molecule has 0 amide bonds. The summed E-state index contributed by atoms with van der Waals surface area (Å²) >= 11 is 0. The summed E-state index contributed by atoms with van der Waals surface area (Å²) in [7, 11) is 0. The van der Waals surface area contributed by atoms with Crippen LogP contribution in [-0.4, -0.2) is 51.7 Å². The number of aryl methyl sites for hydroxylation is 1. The third-order valence-electron chi connectivity index (χ3n) is 6.14. The summed E-state index contributed by atoms with van der Waals surface area (Å²) in [5, 5.41) is 15.5. The smallest absolute Gasteiger partial charge is 0.227 e. The normalized spacial score (nSPS) is 13.2. The molecule has 2 unspecified atom stereocenters. The molecular formula is C28H38FN3O3. The van der Waals surface area contributed by atoms with E-state index in [9.17, 15) is 9.50 Å². The molecule has 7 heteroatoms. The molecule has 1 heterocycles. The van der Waals surface area contributed by atoms with Gasteiger partial charge in [-0.15, -0.1) is 0 Å². The highest BCUT2D eigenvalue weighted by Crippen LogP contribution is 2.32. The minimum Gasteiger partial charge on any atom is -0.439 e. The van der Waals surface area contributed by atoms with E-state index in [1.54, 1.807) is 16.8 Å². The zero-order chi connectivity index (χ0) is 25.2. The summed E-state index contributed by atoms with van der Waals surface area (Å²) < 4.78 is 27.2. The summed E-state index contributed by atoms with van der Waals surface area (Å²) in [6, 6.07) is 16.0. The number of hydrogen-bond acceptors (Lipinski definition) is 5. The van der Waals surface area contributed by atoms with Crippen LogP contribution in [0.25, 0.3) is 5.69 Å². The Kier molecular flexibility index (Phi) is 10.3. The van der Waals surface area contributed by atoms with Crippen molar-refractivity contribution in [2.75, 3.05) is 19.8 Å². The highest BCUT2D eigenvalue weighted by molar-refractivity contribution is 5.43. The second-order valence-electron chi connectivity index (χ2n) is 8.94. The van der Waals surface area contributed by atoms with Gasteiger partial charge in [-0.25, -0.2) is 9.07 Å². The van der Waals surface area contributed by atoms with Crippen LogP contribution in [0.1, 0.15) is 51.3 Å². The first kappa shape index (κ1) is 26.9. The Balaban J connectivity index is 1.90. The molecule has 1 aromatic heterocycles. The number of halogens is 1. The van der Waals surface area contributed by atoms with Crippen molar-refractivity contribution >= 4 is 0 Å². The van der Waals surface area contributed by atoms with Crippen LogP contribution < -0.4 is 4.74 Å². The molecule has 0 saturated carbocycles. The lowest BCUT2D eigenvalue weighted by Gasteiger charge is -2.30. The van der Waals surface area contributed by atoms with Gasteiger partial charge in [0.1, 0.15) is 11.6 Å². The summed E-state index contributed by atoms with van der Waals surface area (Å²) in [5.41, 5.74) is 2.64. The van der Waals surface area contributed by atoms with Gasteiger partial charge in [0.15, 0.2) is 0 Å². The number of hydrogen-bond donors (Lipinski definition) is 1. The molecule has 3 aromatic rings. The Labute approximate surface area is 208 Å². The minimum absolute atomic E-state index is 0.235. The second-order valence-corrected chi connectivity index (χ2v) is 8.94. The van der Waals surface area contributed by atoms with Gasteiger partial charge in [0, 0.05) is 25.7 Å². The Bertz CT molecular complexity index is 1020. The molecule has 0 aliphatic heterocycles. The lowest BCUT2D eigenvalue weighted by Crippen LogP contribution is -2.40. The van der Waals surface area contributed by atoms with Crippen molar-refractivity contribution in [2.24, 2.45) is 0 Å². The van der Waals surface area contributed by atoms with Gasteiger partial charge < -0.3 is 14.6 Å². The van der Waals surface area contributed by atoms with Gasteiger partial charge in [-0.05, 0) is 63.1 Å². The predicted molar refractivity (Wildman–Crippen MR) is 137 cm³/mol. The molecule has 0 aliphatic carbocycles. The lowest BCUT2D eigenvalue weighted by atomic mass is 10.1. The maximum absolute atomic E-state index is 13.5. The molecular weight excluding hydrogens is 445 g/mol. The molecule has 0 fully saturated rings. The molecule has 0 bridgehead atoms. The van der Waals surface area contributed by atoms with Crippen LogP contribution in [0, 0.1) is 12.7 Å². The number of benzene rings is 2. The van der Waals surface area contributed by atoms with Gasteiger partial charge >= 0.3 is 0 Å². The molecule has 0 radical (unpaired) electrons. The number of aliphatic hydroxyl groups is 1. The van der Waals surface area contributed by atoms with Crippen molar-refractivity contribution in [1.29, 1.82) is 0 Å². The molecule has 6 nitrogen and oxygen atoms in total. The quantitative estimate of drug-likeness (QED) is 0.290. The van der Waals surface area contributed by atoms with Crippen molar-refractivity contribution in [3.63, 3.8) is 0 Å². The highest BCUT2D eigenvalue weighted by Gasteiger charge is 2.24. The summed E-state index contributed by atoms with van der Waals surface area (Å²) in [6.07, 6.45) is 2.40. The Hall–Kier alpha value is -2.74. The first-order valence-corrected chi connectivity index (χ1v) is 12.5. The van der Waals surface area contributed by atoms with E-state index >= 15 is 0 Å². The van der Waals surface area contributed by atoms with E-state index in [2.05, 4.69) is 25.7 Å².